The summed E-state index contributed by atoms with van der Waals surface area (Å²) < 4.78 is 0. The van der Waals surface area contributed by atoms with Gasteiger partial charge < -0.3 is 0 Å². The molecule has 0 aromatic heterocycles. The van der Waals surface area contributed by atoms with E-state index in [1.165, 1.54) is 32.1 Å². The quantitative estimate of drug-likeness (QED) is 0.514. The van der Waals surface area contributed by atoms with Crippen LogP contribution in [0, 0.1) is 29.1 Å². The Hall–Kier alpha value is -0.440. The van der Waals surface area contributed by atoms with Gasteiger partial charge in [-0.05, 0) is 38.0 Å². The van der Waals surface area contributed by atoms with Crippen LogP contribution in [0.5, 0.6) is 0 Å². The highest BCUT2D eigenvalue weighted by Gasteiger charge is 2.32. The molecule has 3 atom stereocenters. The van der Waals surface area contributed by atoms with Gasteiger partial charge in [0.05, 0.1) is 0 Å². The van der Waals surface area contributed by atoms with E-state index in [0.29, 0.717) is 0 Å². The summed E-state index contributed by atoms with van der Waals surface area (Å²) in [5.41, 5.74) is 0.271. The first-order valence-electron chi connectivity index (χ1n) is 7.00. The third-order valence-electron chi connectivity index (χ3n) is 4.10. The maximum Gasteiger partial charge on any atom is 0.0337 e. The van der Waals surface area contributed by atoms with Crippen LogP contribution in [0.15, 0.2) is 0 Å². The van der Waals surface area contributed by atoms with Crippen molar-refractivity contribution in [3.8, 4) is 11.8 Å². The van der Waals surface area contributed by atoms with Gasteiger partial charge in [-0.3, -0.25) is 0 Å². The van der Waals surface area contributed by atoms with Gasteiger partial charge in [-0.15, -0.1) is 5.92 Å². The predicted molar refractivity (Wildman–Crippen MR) is 74.3 cm³/mol. The first-order chi connectivity index (χ1) is 7.56. The second-order valence-electron chi connectivity index (χ2n) is 5.28. The van der Waals surface area contributed by atoms with Crippen molar-refractivity contribution in [2.45, 2.75) is 73.6 Å². The molecule has 0 aromatic carbocycles. The van der Waals surface area contributed by atoms with Crippen LogP contribution in [0.2, 0.25) is 0 Å². The zero-order valence-electron chi connectivity index (χ0n) is 12.2. The maximum atomic E-state index is 3.53. The summed E-state index contributed by atoms with van der Waals surface area (Å²) in [5, 5.41) is 0. The van der Waals surface area contributed by atoms with Gasteiger partial charge in [0.2, 0.25) is 0 Å². The third kappa shape index (κ3) is 4.20. The summed E-state index contributed by atoms with van der Waals surface area (Å²) in [7, 11) is 0. The minimum atomic E-state index is 0.271. The van der Waals surface area contributed by atoms with Gasteiger partial charge in [0.15, 0.2) is 0 Å². The van der Waals surface area contributed by atoms with E-state index >= 15 is 0 Å². The lowest BCUT2D eigenvalue weighted by atomic mass is 9.68. The van der Waals surface area contributed by atoms with Crippen molar-refractivity contribution in [3.63, 3.8) is 0 Å². The average molecular weight is 222 g/mol. The van der Waals surface area contributed by atoms with E-state index in [4.69, 9.17) is 0 Å². The Bertz CT molecular complexity index is 230. The van der Waals surface area contributed by atoms with Crippen molar-refractivity contribution >= 4 is 0 Å². The maximum absolute atomic E-state index is 3.53. The van der Waals surface area contributed by atoms with Crippen LogP contribution < -0.4 is 0 Å². The van der Waals surface area contributed by atoms with Crippen LogP contribution in [0.1, 0.15) is 73.6 Å². The molecule has 0 heteroatoms. The smallest absolute Gasteiger partial charge is 0.0337 e. The number of hydrogen-bond donors (Lipinski definition) is 0. The van der Waals surface area contributed by atoms with E-state index in [2.05, 4.69) is 46.5 Å². The second-order valence-corrected chi connectivity index (χ2v) is 5.28. The highest BCUT2D eigenvalue weighted by molar-refractivity contribution is 5.12. The van der Waals surface area contributed by atoms with Crippen molar-refractivity contribution in [2.75, 3.05) is 0 Å². The topological polar surface area (TPSA) is 0 Å². The fraction of sp³-hybridized carbons (Fsp3) is 0.875. The van der Waals surface area contributed by atoms with Gasteiger partial charge in [-0.25, -0.2) is 0 Å². The molecule has 0 fully saturated rings. The molecule has 0 heterocycles. The Kier molecular flexibility index (Phi) is 7.56. The SMILES string of the molecule is CC#CC(CC)(CCC)C(C)CC(C)CC. The lowest BCUT2D eigenvalue weighted by molar-refractivity contribution is 0.194. The van der Waals surface area contributed by atoms with Gasteiger partial charge >= 0.3 is 0 Å². The Morgan fingerprint density at radius 1 is 1.12 bits per heavy atom. The zero-order valence-corrected chi connectivity index (χ0v) is 12.2. The fourth-order valence-corrected chi connectivity index (χ4v) is 2.74. The molecule has 0 aromatic rings. The molecule has 0 rings (SSSR count). The molecule has 0 aliphatic rings. The molecule has 0 aliphatic carbocycles. The molecule has 3 unspecified atom stereocenters. The van der Waals surface area contributed by atoms with Crippen molar-refractivity contribution in [3.05, 3.63) is 0 Å². The van der Waals surface area contributed by atoms with Crippen molar-refractivity contribution in [2.24, 2.45) is 17.3 Å². The van der Waals surface area contributed by atoms with Crippen molar-refractivity contribution < 1.29 is 0 Å². The normalized spacial score (nSPS) is 18.1. The summed E-state index contributed by atoms with van der Waals surface area (Å²) in [6.45, 7) is 13.6. The van der Waals surface area contributed by atoms with Crippen LogP contribution in [-0.2, 0) is 0 Å². The van der Waals surface area contributed by atoms with E-state index in [1.807, 2.05) is 6.92 Å². The van der Waals surface area contributed by atoms with Crippen LogP contribution in [0.3, 0.4) is 0 Å². The van der Waals surface area contributed by atoms with Crippen LogP contribution >= 0.6 is 0 Å². The second kappa shape index (κ2) is 7.77. The summed E-state index contributed by atoms with van der Waals surface area (Å²) >= 11 is 0. The van der Waals surface area contributed by atoms with E-state index < -0.39 is 0 Å². The molecule has 0 bridgehead atoms. The van der Waals surface area contributed by atoms with E-state index in [9.17, 15) is 0 Å². The first kappa shape index (κ1) is 15.6. The Balaban J connectivity index is 4.76. The summed E-state index contributed by atoms with van der Waals surface area (Å²) in [4.78, 5) is 0. The van der Waals surface area contributed by atoms with Crippen molar-refractivity contribution in [1.82, 2.24) is 0 Å². The largest absolute Gasteiger partial charge is 0.106 e. The Labute approximate surface area is 103 Å². The van der Waals surface area contributed by atoms with Crippen molar-refractivity contribution in [1.29, 1.82) is 0 Å². The van der Waals surface area contributed by atoms with Crippen LogP contribution in [-0.4, -0.2) is 0 Å². The Morgan fingerprint density at radius 3 is 2.12 bits per heavy atom. The monoisotopic (exact) mass is 222 g/mol. The number of hydrogen-bond acceptors (Lipinski definition) is 0. The van der Waals surface area contributed by atoms with Gasteiger partial charge in [0.1, 0.15) is 0 Å². The standard InChI is InChI=1S/C16H30/c1-7-11-16(10-4,12-8-2)15(6)13-14(5)9-3/h14-15H,7,9-11,13H2,1-6H3. The molecule has 0 nitrogen and oxygen atoms in total. The Morgan fingerprint density at radius 2 is 1.75 bits per heavy atom. The molecule has 0 radical (unpaired) electrons. The van der Waals surface area contributed by atoms with Gasteiger partial charge in [0, 0.05) is 5.41 Å². The molecule has 0 aliphatic heterocycles. The van der Waals surface area contributed by atoms with Gasteiger partial charge in [-0.2, -0.15) is 0 Å². The molecule has 0 amide bonds. The van der Waals surface area contributed by atoms with Gasteiger partial charge in [0.25, 0.3) is 0 Å². The average Bonchev–Trinajstić information content (AvgIpc) is 2.28. The van der Waals surface area contributed by atoms with E-state index in [1.54, 1.807) is 0 Å². The molecule has 0 saturated carbocycles. The van der Waals surface area contributed by atoms with E-state index in [0.717, 1.165) is 11.8 Å². The lowest BCUT2D eigenvalue weighted by Crippen LogP contribution is -2.28. The molecule has 16 heavy (non-hydrogen) atoms. The number of rotatable bonds is 7. The third-order valence-corrected chi connectivity index (χ3v) is 4.10. The predicted octanol–water partition coefficient (Wildman–Crippen LogP) is 5.28. The lowest BCUT2D eigenvalue weighted by Gasteiger charge is -2.35. The molecule has 0 spiro atoms. The first-order valence-corrected chi connectivity index (χ1v) is 7.00. The summed E-state index contributed by atoms with van der Waals surface area (Å²) in [6, 6.07) is 0. The van der Waals surface area contributed by atoms with Crippen LogP contribution in [0.4, 0.5) is 0 Å². The molecular formula is C16H30. The summed E-state index contributed by atoms with van der Waals surface area (Å²) in [6.07, 6.45) is 6.30. The summed E-state index contributed by atoms with van der Waals surface area (Å²) in [5.74, 6) is 8.24. The molecule has 94 valence electrons. The molecule has 0 saturated heterocycles. The minimum Gasteiger partial charge on any atom is -0.106 e. The van der Waals surface area contributed by atoms with E-state index in [-0.39, 0.29) is 5.41 Å². The van der Waals surface area contributed by atoms with Crippen LogP contribution in [0.25, 0.3) is 0 Å². The highest BCUT2D eigenvalue weighted by Crippen LogP contribution is 2.39. The minimum absolute atomic E-state index is 0.271. The van der Waals surface area contributed by atoms with Gasteiger partial charge in [-0.1, -0.05) is 53.4 Å². The molecular weight excluding hydrogens is 192 g/mol. The highest BCUT2D eigenvalue weighted by atomic mass is 14.3. The zero-order chi connectivity index (χ0) is 12.6. The fourth-order valence-electron chi connectivity index (χ4n) is 2.74. The molecule has 0 N–H and O–H groups in total.